The van der Waals surface area contributed by atoms with Crippen molar-refractivity contribution in [3.63, 3.8) is 0 Å². The van der Waals surface area contributed by atoms with E-state index in [1.165, 1.54) is 5.01 Å². The predicted molar refractivity (Wildman–Crippen MR) is 80.7 cm³/mol. The average Bonchev–Trinajstić information content (AvgIpc) is 2.67. The number of hydrogen-bond acceptors (Lipinski definition) is 3. The molecule has 1 aromatic carbocycles. The minimum absolute atomic E-state index is 0.135. The number of amides is 1. The second kappa shape index (κ2) is 5.85. The van der Waals surface area contributed by atoms with Gasteiger partial charge in [-0.15, -0.1) is 0 Å². The molecule has 4 nitrogen and oxygen atoms in total. The monoisotopic (exact) mass is 312 g/mol. The molecule has 2 rings (SSSR count). The summed E-state index contributed by atoms with van der Waals surface area (Å²) in [7, 11) is 1.61. The largest absolute Gasteiger partial charge is 0.486 e. The molecule has 1 aliphatic heterocycles. The third-order valence-corrected chi connectivity index (χ3v) is 3.67. The smallest absolute Gasteiger partial charge is 0.275 e. The normalized spacial score (nSPS) is 16.9. The third-order valence-electron chi connectivity index (χ3n) is 2.97. The van der Waals surface area contributed by atoms with Crippen molar-refractivity contribution < 1.29 is 9.53 Å². The molecule has 0 N–H and O–H groups in total. The highest BCUT2D eigenvalue weighted by Gasteiger charge is 2.27. The van der Waals surface area contributed by atoms with Crippen molar-refractivity contribution in [1.29, 1.82) is 0 Å². The van der Waals surface area contributed by atoms with Crippen LogP contribution in [0.4, 0.5) is 0 Å². The minimum atomic E-state index is -0.135. The number of benzene rings is 1. The first kappa shape index (κ1) is 14.9. The lowest BCUT2D eigenvalue weighted by molar-refractivity contribution is -0.124. The fraction of sp³-hybridized carbons (Fsp3) is 0.286. The van der Waals surface area contributed by atoms with Crippen LogP contribution >= 0.6 is 23.2 Å². The van der Waals surface area contributed by atoms with Crippen molar-refractivity contribution in [2.45, 2.75) is 13.8 Å². The molecule has 0 spiro atoms. The van der Waals surface area contributed by atoms with Gasteiger partial charge in [-0.25, -0.2) is 5.01 Å². The Hall–Kier alpha value is -1.52. The maximum atomic E-state index is 11.8. The quantitative estimate of drug-likeness (QED) is 0.802. The lowest BCUT2D eigenvalue weighted by Gasteiger charge is -2.09. The maximum absolute atomic E-state index is 11.8. The van der Waals surface area contributed by atoms with Gasteiger partial charge in [0.15, 0.2) is 0 Å². The van der Waals surface area contributed by atoms with E-state index in [4.69, 9.17) is 27.9 Å². The van der Waals surface area contributed by atoms with E-state index in [2.05, 4.69) is 5.10 Å². The maximum Gasteiger partial charge on any atom is 0.275 e. The Balaban J connectivity index is 2.16. The summed E-state index contributed by atoms with van der Waals surface area (Å²) in [5, 5.41) is 6.46. The Kier molecular flexibility index (Phi) is 4.35. The van der Waals surface area contributed by atoms with Crippen LogP contribution in [0.1, 0.15) is 12.5 Å². The fourth-order valence-electron chi connectivity index (χ4n) is 1.86. The summed E-state index contributed by atoms with van der Waals surface area (Å²) in [5.41, 5.74) is 2.01. The number of likely N-dealkylation sites (N-methyl/N-ethyl adjacent to an activating group) is 1. The van der Waals surface area contributed by atoms with E-state index < -0.39 is 0 Å². The Morgan fingerprint density at radius 1 is 1.35 bits per heavy atom. The summed E-state index contributed by atoms with van der Waals surface area (Å²) >= 11 is 12.0. The van der Waals surface area contributed by atoms with Gasteiger partial charge in [-0.2, -0.15) is 5.10 Å². The minimum Gasteiger partial charge on any atom is -0.486 e. The number of nitrogens with zero attached hydrogens (tertiary/aromatic N) is 2. The number of hydrazone groups is 1. The van der Waals surface area contributed by atoms with Crippen molar-refractivity contribution >= 4 is 34.8 Å². The summed E-state index contributed by atoms with van der Waals surface area (Å²) in [6, 6.07) is 3.40. The molecule has 1 aliphatic rings. The van der Waals surface area contributed by atoms with E-state index in [-0.39, 0.29) is 12.5 Å². The standard InChI is InChI=1S/C14H14Cl2N2O2/c1-4-9-12(17-18(3)14(9)19)7-20-13-5-8(2)10(15)6-11(13)16/h4-6H,7H2,1-3H3/b9-4+. The Bertz CT molecular complexity index is 624. The van der Waals surface area contributed by atoms with Crippen LogP contribution in [0.15, 0.2) is 28.9 Å². The first-order valence-corrected chi connectivity index (χ1v) is 6.80. The van der Waals surface area contributed by atoms with Gasteiger partial charge in [0.2, 0.25) is 0 Å². The van der Waals surface area contributed by atoms with Gasteiger partial charge in [-0.05, 0) is 31.5 Å². The zero-order valence-corrected chi connectivity index (χ0v) is 12.9. The molecule has 0 saturated carbocycles. The molecule has 0 aromatic heterocycles. The highest BCUT2D eigenvalue weighted by atomic mass is 35.5. The second-order valence-corrected chi connectivity index (χ2v) is 5.21. The van der Waals surface area contributed by atoms with Crippen molar-refractivity contribution in [3.05, 3.63) is 39.4 Å². The van der Waals surface area contributed by atoms with Crippen LogP contribution in [0.3, 0.4) is 0 Å². The van der Waals surface area contributed by atoms with E-state index in [0.717, 1.165) is 5.56 Å². The van der Waals surface area contributed by atoms with Gasteiger partial charge in [-0.1, -0.05) is 29.3 Å². The molecule has 0 unspecified atom stereocenters. The Morgan fingerprint density at radius 3 is 2.70 bits per heavy atom. The Morgan fingerprint density at radius 2 is 2.05 bits per heavy atom. The van der Waals surface area contributed by atoms with Crippen LogP contribution in [0.5, 0.6) is 5.75 Å². The lowest BCUT2D eigenvalue weighted by atomic mass is 10.1. The topological polar surface area (TPSA) is 41.9 Å². The van der Waals surface area contributed by atoms with Crippen LogP contribution in [-0.2, 0) is 4.79 Å². The van der Waals surface area contributed by atoms with Gasteiger partial charge in [0.1, 0.15) is 18.1 Å². The zero-order chi connectivity index (χ0) is 14.9. The summed E-state index contributed by atoms with van der Waals surface area (Å²) in [6.45, 7) is 3.84. The van der Waals surface area contributed by atoms with Crippen LogP contribution in [0.2, 0.25) is 10.0 Å². The summed E-state index contributed by atoms with van der Waals surface area (Å²) in [4.78, 5) is 11.8. The number of carbonyl (C=O) groups excluding carboxylic acids is 1. The first-order chi connectivity index (χ1) is 9.43. The number of hydrogen-bond donors (Lipinski definition) is 0. The Labute approximate surface area is 127 Å². The van der Waals surface area contributed by atoms with Gasteiger partial charge < -0.3 is 4.74 Å². The van der Waals surface area contributed by atoms with Crippen molar-refractivity contribution in [1.82, 2.24) is 5.01 Å². The molecular formula is C14H14Cl2N2O2. The summed E-state index contributed by atoms with van der Waals surface area (Å²) < 4.78 is 5.64. The molecular weight excluding hydrogens is 299 g/mol. The average molecular weight is 313 g/mol. The molecule has 20 heavy (non-hydrogen) atoms. The first-order valence-electron chi connectivity index (χ1n) is 6.04. The van der Waals surface area contributed by atoms with Crippen LogP contribution in [-0.4, -0.2) is 30.3 Å². The molecule has 0 fully saturated rings. The lowest BCUT2D eigenvalue weighted by Crippen LogP contribution is -2.18. The van der Waals surface area contributed by atoms with E-state index in [9.17, 15) is 4.79 Å². The summed E-state index contributed by atoms with van der Waals surface area (Å²) in [6.07, 6.45) is 1.72. The molecule has 0 atom stereocenters. The molecule has 6 heteroatoms. The zero-order valence-electron chi connectivity index (χ0n) is 11.4. The summed E-state index contributed by atoms with van der Waals surface area (Å²) in [5.74, 6) is 0.387. The molecule has 0 saturated heterocycles. The molecule has 0 radical (unpaired) electrons. The highest BCUT2D eigenvalue weighted by Crippen LogP contribution is 2.31. The number of halogens is 2. The van der Waals surface area contributed by atoms with E-state index in [1.54, 1.807) is 32.2 Å². The van der Waals surface area contributed by atoms with Gasteiger partial charge >= 0.3 is 0 Å². The van der Waals surface area contributed by atoms with E-state index >= 15 is 0 Å². The van der Waals surface area contributed by atoms with Gasteiger partial charge in [-0.3, -0.25) is 4.79 Å². The van der Waals surface area contributed by atoms with Crippen molar-refractivity contribution in [3.8, 4) is 5.75 Å². The van der Waals surface area contributed by atoms with E-state index in [1.807, 2.05) is 6.92 Å². The number of ether oxygens (including phenoxy) is 1. The predicted octanol–water partition coefficient (Wildman–Crippen LogP) is 3.45. The molecule has 106 valence electrons. The number of rotatable bonds is 3. The number of carbonyl (C=O) groups is 1. The second-order valence-electron chi connectivity index (χ2n) is 4.40. The van der Waals surface area contributed by atoms with Crippen LogP contribution in [0.25, 0.3) is 0 Å². The fourth-order valence-corrected chi connectivity index (χ4v) is 2.30. The van der Waals surface area contributed by atoms with Gasteiger partial charge in [0.05, 0.1) is 10.6 Å². The SMILES string of the molecule is C/C=C1/C(=O)N(C)N=C1COc1cc(C)c(Cl)cc1Cl. The van der Waals surface area contributed by atoms with Gasteiger partial charge in [0.25, 0.3) is 5.91 Å². The molecule has 0 aliphatic carbocycles. The molecule has 0 bridgehead atoms. The van der Waals surface area contributed by atoms with Crippen LogP contribution < -0.4 is 4.74 Å². The van der Waals surface area contributed by atoms with E-state index in [0.29, 0.717) is 27.1 Å². The van der Waals surface area contributed by atoms with Crippen molar-refractivity contribution in [2.75, 3.05) is 13.7 Å². The molecule has 1 amide bonds. The number of allylic oxidation sites excluding steroid dienone is 1. The van der Waals surface area contributed by atoms with Crippen molar-refractivity contribution in [2.24, 2.45) is 5.10 Å². The third kappa shape index (κ3) is 2.81. The molecule has 1 heterocycles. The number of aryl methyl sites for hydroxylation is 1. The highest BCUT2D eigenvalue weighted by molar-refractivity contribution is 6.36. The van der Waals surface area contributed by atoms with Gasteiger partial charge in [0, 0.05) is 12.1 Å². The molecule has 1 aromatic rings. The van der Waals surface area contributed by atoms with Crippen LogP contribution in [0, 0.1) is 6.92 Å².